The van der Waals surface area contributed by atoms with Crippen LogP contribution in [0.15, 0.2) is 48.7 Å². The molecule has 30 heavy (non-hydrogen) atoms. The summed E-state index contributed by atoms with van der Waals surface area (Å²) >= 11 is 0. The normalized spacial score (nSPS) is 10.4. The van der Waals surface area contributed by atoms with Gasteiger partial charge in [-0.1, -0.05) is 18.2 Å². The van der Waals surface area contributed by atoms with Gasteiger partial charge in [0.05, 0.1) is 18.3 Å². The van der Waals surface area contributed by atoms with Crippen LogP contribution in [-0.4, -0.2) is 33.1 Å². The van der Waals surface area contributed by atoms with Gasteiger partial charge < -0.3 is 10.6 Å². The van der Waals surface area contributed by atoms with E-state index in [0.717, 1.165) is 24.4 Å². The summed E-state index contributed by atoms with van der Waals surface area (Å²) in [5.74, 6) is -4.42. The molecule has 0 bridgehead atoms. The van der Waals surface area contributed by atoms with Crippen molar-refractivity contribution in [2.24, 2.45) is 0 Å². The number of carbonyl (C=O) groups is 3. The average Bonchev–Trinajstić information content (AvgIpc) is 3.17. The lowest BCUT2D eigenvalue weighted by Crippen LogP contribution is -2.20. The number of nitrogens with zero attached hydrogens (tertiary/aromatic N) is 1. The van der Waals surface area contributed by atoms with E-state index < -0.39 is 34.9 Å². The SMILES string of the molecule is O=C(Cc1ccc(NC(=O)c2[nH]ncc2NC(=O)c2c(F)cccc2F)cc1)NO. The number of rotatable bonds is 6. The first-order valence-corrected chi connectivity index (χ1v) is 8.51. The molecule has 3 aromatic rings. The van der Waals surface area contributed by atoms with Crippen LogP contribution in [0, 0.1) is 11.6 Å². The molecule has 0 saturated carbocycles. The average molecular weight is 415 g/mol. The zero-order valence-electron chi connectivity index (χ0n) is 15.2. The molecule has 3 amide bonds. The van der Waals surface area contributed by atoms with E-state index in [1.807, 2.05) is 0 Å². The first-order valence-electron chi connectivity index (χ1n) is 8.51. The van der Waals surface area contributed by atoms with Crippen molar-refractivity contribution >= 4 is 29.1 Å². The van der Waals surface area contributed by atoms with Crippen molar-refractivity contribution < 1.29 is 28.4 Å². The summed E-state index contributed by atoms with van der Waals surface area (Å²) in [6.07, 6.45) is 1.08. The van der Waals surface area contributed by atoms with Gasteiger partial charge in [-0.25, -0.2) is 14.3 Å². The molecule has 9 nitrogen and oxygen atoms in total. The molecule has 0 aliphatic heterocycles. The van der Waals surface area contributed by atoms with Gasteiger partial charge in [0, 0.05) is 5.69 Å². The molecular weight excluding hydrogens is 400 g/mol. The molecule has 0 aliphatic rings. The molecule has 0 unspecified atom stereocenters. The second-order valence-electron chi connectivity index (χ2n) is 6.07. The quantitative estimate of drug-likeness (QED) is 0.311. The molecule has 1 heterocycles. The van der Waals surface area contributed by atoms with E-state index in [0.29, 0.717) is 11.3 Å². The number of hydrogen-bond acceptors (Lipinski definition) is 5. The Kier molecular flexibility index (Phi) is 6.13. The second kappa shape index (κ2) is 8.92. The van der Waals surface area contributed by atoms with Gasteiger partial charge in [0.1, 0.15) is 22.9 Å². The molecule has 0 fully saturated rings. The summed E-state index contributed by atoms with van der Waals surface area (Å²) in [5.41, 5.74) is 1.50. The second-order valence-corrected chi connectivity index (χ2v) is 6.07. The third-order valence-electron chi connectivity index (χ3n) is 4.01. The number of hydrogen-bond donors (Lipinski definition) is 5. The molecule has 0 atom stereocenters. The van der Waals surface area contributed by atoms with Gasteiger partial charge in [0.15, 0.2) is 0 Å². The fraction of sp³-hybridized carbons (Fsp3) is 0.0526. The lowest BCUT2D eigenvalue weighted by Gasteiger charge is -2.09. The molecule has 3 rings (SSSR count). The smallest absolute Gasteiger partial charge is 0.275 e. The van der Waals surface area contributed by atoms with E-state index in [-0.39, 0.29) is 17.8 Å². The third-order valence-corrected chi connectivity index (χ3v) is 4.01. The maximum atomic E-state index is 13.8. The third kappa shape index (κ3) is 4.64. The van der Waals surface area contributed by atoms with Crippen LogP contribution in [0.3, 0.4) is 0 Å². The Bertz CT molecular complexity index is 1080. The highest BCUT2D eigenvalue weighted by atomic mass is 19.1. The molecule has 154 valence electrons. The van der Waals surface area contributed by atoms with Crippen LogP contribution in [0.4, 0.5) is 20.2 Å². The molecule has 0 saturated heterocycles. The van der Waals surface area contributed by atoms with Crippen molar-refractivity contribution in [3.05, 3.63) is 77.1 Å². The zero-order chi connectivity index (χ0) is 21.7. The first-order chi connectivity index (χ1) is 14.4. The molecule has 1 aromatic heterocycles. The van der Waals surface area contributed by atoms with E-state index in [2.05, 4.69) is 20.8 Å². The van der Waals surface area contributed by atoms with Crippen LogP contribution >= 0.6 is 0 Å². The summed E-state index contributed by atoms with van der Waals surface area (Å²) in [6, 6.07) is 9.20. The number of H-pyrrole nitrogens is 1. The van der Waals surface area contributed by atoms with E-state index in [9.17, 15) is 23.2 Å². The lowest BCUT2D eigenvalue weighted by atomic mass is 10.1. The summed E-state index contributed by atoms with van der Waals surface area (Å²) in [4.78, 5) is 35.8. The van der Waals surface area contributed by atoms with Crippen molar-refractivity contribution in [3.63, 3.8) is 0 Å². The topological polar surface area (TPSA) is 136 Å². The van der Waals surface area contributed by atoms with Crippen molar-refractivity contribution in [2.45, 2.75) is 6.42 Å². The molecule has 11 heteroatoms. The number of aromatic nitrogens is 2. The van der Waals surface area contributed by atoms with E-state index >= 15 is 0 Å². The van der Waals surface area contributed by atoms with Crippen molar-refractivity contribution in [1.82, 2.24) is 15.7 Å². The highest BCUT2D eigenvalue weighted by Gasteiger charge is 2.21. The van der Waals surface area contributed by atoms with Gasteiger partial charge in [-0.15, -0.1) is 0 Å². The van der Waals surface area contributed by atoms with E-state index in [1.165, 1.54) is 17.6 Å². The first kappa shape index (κ1) is 20.6. The zero-order valence-corrected chi connectivity index (χ0v) is 15.2. The Labute approximate surface area is 168 Å². The number of hydroxylamine groups is 1. The molecule has 5 N–H and O–H groups in total. The highest BCUT2D eigenvalue weighted by molar-refractivity contribution is 6.11. The minimum atomic E-state index is -1.08. The van der Waals surface area contributed by atoms with Crippen molar-refractivity contribution in [1.29, 1.82) is 0 Å². The van der Waals surface area contributed by atoms with E-state index in [1.54, 1.807) is 12.1 Å². The predicted octanol–water partition coefficient (Wildman–Crippen LogP) is 2.24. The molecule has 0 radical (unpaired) electrons. The summed E-state index contributed by atoms with van der Waals surface area (Å²) in [6.45, 7) is 0. The minimum Gasteiger partial charge on any atom is -0.321 e. The van der Waals surface area contributed by atoms with Crippen LogP contribution < -0.4 is 16.1 Å². The van der Waals surface area contributed by atoms with Gasteiger partial charge >= 0.3 is 0 Å². The summed E-state index contributed by atoms with van der Waals surface area (Å²) in [7, 11) is 0. The maximum absolute atomic E-state index is 13.8. The number of nitrogens with one attached hydrogen (secondary N) is 4. The van der Waals surface area contributed by atoms with Crippen LogP contribution in [0.5, 0.6) is 0 Å². The van der Waals surface area contributed by atoms with Crippen molar-refractivity contribution in [2.75, 3.05) is 10.6 Å². The number of aromatic amines is 1. The minimum absolute atomic E-state index is 0.0476. The van der Waals surface area contributed by atoms with Gasteiger partial charge in [-0.2, -0.15) is 5.10 Å². The van der Waals surface area contributed by atoms with Crippen LogP contribution in [0.25, 0.3) is 0 Å². The lowest BCUT2D eigenvalue weighted by molar-refractivity contribution is -0.128. The van der Waals surface area contributed by atoms with Gasteiger partial charge in [0.25, 0.3) is 11.8 Å². The number of anilines is 2. The molecular formula is C19H15F2N5O4. The fourth-order valence-corrected chi connectivity index (χ4v) is 2.58. The van der Waals surface area contributed by atoms with Gasteiger partial charge in [-0.3, -0.25) is 24.7 Å². The van der Waals surface area contributed by atoms with Crippen LogP contribution in [0.1, 0.15) is 26.4 Å². The van der Waals surface area contributed by atoms with Gasteiger partial charge in [-0.05, 0) is 29.8 Å². The monoisotopic (exact) mass is 415 g/mol. The summed E-state index contributed by atoms with van der Waals surface area (Å²) in [5, 5.41) is 19.4. The number of amides is 3. The standard InChI is InChI=1S/C19H15F2N5O4/c20-12-2-1-3-13(21)16(12)18(28)24-14-9-22-25-17(14)19(29)23-11-6-4-10(5-7-11)8-15(27)26-30/h1-7,9,30H,8H2,(H,22,25)(H,23,29)(H,24,28)(H,26,27). The van der Waals surface area contributed by atoms with Gasteiger partial charge in [0.2, 0.25) is 5.91 Å². The Morgan fingerprint density at radius 1 is 0.967 bits per heavy atom. The predicted molar refractivity (Wildman–Crippen MR) is 101 cm³/mol. The van der Waals surface area contributed by atoms with Crippen LogP contribution in [0.2, 0.25) is 0 Å². The molecule has 0 spiro atoms. The molecule has 2 aromatic carbocycles. The molecule has 0 aliphatic carbocycles. The largest absolute Gasteiger partial charge is 0.321 e. The number of carbonyl (C=O) groups excluding carboxylic acids is 3. The Morgan fingerprint density at radius 3 is 2.27 bits per heavy atom. The Morgan fingerprint density at radius 2 is 1.63 bits per heavy atom. The summed E-state index contributed by atoms with van der Waals surface area (Å²) < 4.78 is 27.5. The van der Waals surface area contributed by atoms with E-state index in [4.69, 9.17) is 5.21 Å². The Hall–Kier alpha value is -4.12. The van der Waals surface area contributed by atoms with Crippen LogP contribution in [-0.2, 0) is 11.2 Å². The number of benzene rings is 2. The Balaban J connectivity index is 1.71. The number of halogens is 2. The van der Waals surface area contributed by atoms with Crippen molar-refractivity contribution in [3.8, 4) is 0 Å². The highest BCUT2D eigenvalue weighted by Crippen LogP contribution is 2.19. The fourth-order valence-electron chi connectivity index (χ4n) is 2.58. The maximum Gasteiger partial charge on any atom is 0.275 e.